The lowest BCUT2D eigenvalue weighted by Crippen LogP contribution is -2.16. The number of benzene rings is 2. The van der Waals surface area contributed by atoms with Gasteiger partial charge in [0.15, 0.2) is 5.78 Å². The summed E-state index contributed by atoms with van der Waals surface area (Å²) < 4.78 is 0. The molecular formula is C29H42O. The average Bonchev–Trinajstić information content (AvgIpc) is 2.69. The lowest BCUT2D eigenvalue weighted by atomic mass is 9.81. The molecule has 0 N–H and O–H groups in total. The maximum atomic E-state index is 13.9. The number of carbonyl (C=O) groups is 1. The molecule has 0 aromatic heterocycles. The summed E-state index contributed by atoms with van der Waals surface area (Å²) in [5.74, 6) is 1.42. The first kappa shape index (κ1) is 24.4. The van der Waals surface area contributed by atoms with Crippen molar-refractivity contribution >= 4 is 5.78 Å². The van der Waals surface area contributed by atoms with Gasteiger partial charge in [0, 0.05) is 12.0 Å². The van der Waals surface area contributed by atoms with E-state index < -0.39 is 0 Å². The second kappa shape index (κ2) is 10.9. The van der Waals surface area contributed by atoms with Crippen molar-refractivity contribution in [2.24, 2.45) is 0 Å². The Bertz CT molecular complexity index is 801. The molecule has 0 radical (unpaired) electrons. The van der Waals surface area contributed by atoms with Crippen LogP contribution < -0.4 is 0 Å². The smallest absolute Gasteiger partial charge is 0.167 e. The predicted molar refractivity (Wildman–Crippen MR) is 131 cm³/mol. The molecule has 0 spiro atoms. The topological polar surface area (TPSA) is 17.1 Å². The number of carbonyl (C=O) groups excluding carboxylic acids is 1. The number of hydrogen-bond acceptors (Lipinski definition) is 1. The first-order valence-electron chi connectivity index (χ1n) is 12.0. The van der Waals surface area contributed by atoms with Crippen molar-refractivity contribution in [3.8, 4) is 0 Å². The summed E-state index contributed by atoms with van der Waals surface area (Å²) in [6.07, 6.45) is 4.82. The van der Waals surface area contributed by atoms with Crippen LogP contribution in [-0.4, -0.2) is 5.78 Å². The van der Waals surface area contributed by atoms with Crippen LogP contribution in [0.3, 0.4) is 0 Å². The number of aryl methyl sites for hydroxylation is 2. The molecule has 2 rings (SSSR count). The van der Waals surface area contributed by atoms with E-state index in [9.17, 15) is 4.79 Å². The summed E-state index contributed by atoms with van der Waals surface area (Å²) in [4.78, 5) is 13.9. The summed E-state index contributed by atoms with van der Waals surface area (Å²) in [7, 11) is 0. The summed E-state index contributed by atoms with van der Waals surface area (Å²) in [6.45, 7) is 17.8. The molecule has 164 valence electrons. The van der Waals surface area contributed by atoms with E-state index in [2.05, 4.69) is 85.7 Å². The Labute approximate surface area is 185 Å². The molecule has 0 atom stereocenters. The summed E-state index contributed by atoms with van der Waals surface area (Å²) in [5, 5.41) is 0. The second-order valence-corrected chi connectivity index (χ2v) is 9.69. The van der Waals surface area contributed by atoms with Crippen molar-refractivity contribution in [2.45, 2.75) is 105 Å². The van der Waals surface area contributed by atoms with Crippen LogP contribution in [0, 0.1) is 0 Å². The van der Waals surface area contributed by atoms with Gasteiger partial charge >= 0.3 is 0 Å². The van der Waals surface area contributed by atoms with E-state index in [1.165, 1.54) is 33.4 Å². The standard InChI is InChI=1S/C29H42O/c1-9-12-22-14-11-15-23(13-10-2)27(22)18-28(30)29-25(20(5)6)16-24(19(3)4)17-26(29)21(7)8/h11,14-17,19-21H,9-10,12-13,18H2,1-8H3. The highest BCUT2D eigenvalue weighted by atomic mass is 16.1. The molecular weight excluding hydrogens is 364 g/mol. The molecule has 0 amide bonds. The van der Waals surface area contributed by atoms with E-state index in [4.69, 9.17) is 0 Å². The van der Waals surface area contributed by atoms with Crippen LogP contribution in [0.25, 0.3) is 0 Å². The molecule has 0 heterocycles. The number of hydrogen-bond donors (Lipinski definition) is 0. The molecule has 0 fully saturated rings. The SMILES string of the molecule is CCCc1cccc(CCC)c1CC(=O)c1c(C(C)C)cc(C(C)C)cc1C(C)C. The van der Waals surface area contributed by atoms with Crippen molar-refractivity contribution in [3.63, 3.8) is 0 Å². The fraction of sp³-hybridized carbons (Fsp3) is 0.552. The van der Waals surface area contributed by atoms with Gasteiger partial charge in [0.25, 0.3) is 0 Å². The van der Waals surface area contributed by atoms with Gasteiger partial charge in [-0.25, -0.2) is 0 Å². The van der Waals surface area contributed by atoms with Crippen molar-refractivity contribution in [3.05, 3.63) is 69.3 Å². The third-order valence-electron chi connectivity index (χ3n) is 6.16. The van der Waals surface area contributed by atoms with Crippen molar-refractivity contribution in [1.29, 1.82) is 0 Å². The molecule has 2 aromatic rings. The van der Waals surface area contributed by atoms with Gasteiger partial charge in [-0.1, -0.05) is 98.6 Å². The maximum absolute atomic E-state index is 13.9. The van der Waals surface area contributed by atoms with Crippen LogP contribution in [0.2, 0.25) is 0 Å². The van der Waals surface area contributed by atoms with Crippen molar-refractivity contribution in [2.75, 3.05) is 0 Å². The summed E-state index contributed by atoms with van der Waals surface area (Å²) in [5.41, 5.74) is 8.76. The third-order valence-corrected chi connectivity index (χ3v) is 6.16. The largest absolute Gasteiger partial charge is 0.294 e. The molecule has 0 unspecified atom stereocenters. The number of rotatable bonds is 10. The zero-order chi connectivity index (χ0) is 22.4. The molecule has 30 heavy (non-hydrogen) atoms. The Kier molecular flexibility index (Phi) is 8.89. The van der Waals surface area contributed by atoms with E-state index in [-0.39, 0.29) is 0 Å². The Morgan fingerprint density at radius 1 is 0.767 bits per heavy atom. The molecule has 0 aliphatic carbocycles. The minimum Gasteiger partial charge on any atom is -0.294 e. The van der Waals surface area contributed by atoms with Gasteiger partial charge in [-0.15, -0.1) is 0 Å². The summed E-state index contributed by atoms with van der Waals surface area (Å²) >= 11 is 0. The van der Waals surface area contributed by atoms with E-state index in [1.807, 2.05) is 0 Å². The van der Waals surface area contributed by atoms with E-state index in [1.54, 1.807) is 0 Å². The van der Waals surface area contributed by atoms with Crippen LogP contribution in [-0.2, 0) is 19.3 Å². The average molecular weight is 407 g/mol. The molecule has 0 saturated heterocycles. The van der Waals surface area contributed by atoms with E-state index in [0.717, 1.165) is 31.2 Å². The van der Waals surface area contributed by atoms with Crippen LogP contribution in [0.1, 0.15) is 130 Å². The highest BCUT2D eigenvalue weighted by Crippen LogP contribution is 2.33. The first-order valence-corrected chi connectivity index (χ1v) is 12.0. The summed E-state index contributed by atoms with van der Waals surface area (Å²) in [6, 6.07) is 11.2. The quantitative estimate of drug-likeness (QED) is 0.362. The number of ketones is 1. The zero-order valence-electron chi connectivity index (χ0n) is 20.6. The Morgan fingerprint density at radius 2 is 1.23 bits per heavy atom. The van der Waals surface area contributed by atoms with Gasteiger partial charge in [0.05, 0.1) is 0 Å². The predicted octanol–water partition coefficient (Wildman–Crippen LogP) is 8.39. The Balaban J connectivity index is 2.62. The zero-order valence-corrected chi connectivity index (χ0v) is 20.6. The van der Waals surface area contributed by atoms with Crippen LogP contribution in [0.15, 0.2) is 30.3 Å². The molecule has 0 aliphatic rings. The van der Waals surface area contributed by atoms with Gasteiger partial charge in [-0.3, -0.25) is 4.79 Å². The van der Waals surface area contributed by atoms with Gasteiger partial charge in [-0.2, -0.15) is 0 Å². The van der Waals surface area contributed by atoms with Gasteiger partial charge in [0.1, 0.15) is 0 Å². The van der Waals surface area contributed by atoms with E-state index >= 15 is 0 Å². The van der Waals surface area contributed by atoms with Crippen molar-refractivity contribution < 1.29 is 4.79 Å². The fourth-order valence-electron chi connectivity index (χ4n) is 4.45. The molecule has 0 saturated carbocycles. The van der Waals surface area contributed by atoms with Gasteiger partial charge in [-0.05, 0) is 64.0 Å². The monoisotopic (exact) mass is 406 g/mol. The minimum atomic E-state index is 0.290. The Morgan fingerprint density at radius 3 is 1.60 bits per heavy atom. The lowest BCUT2D eigenvalue weighted by molar-refractivity contribution is 0.0990. The molecule has 1 heteroatoms. The molecule has 0 aliphatic heterocycles. The molecule has 2 aromatic carbocycles. The van der Waals surface area contributed by atoms with Gasteiger partial charge < -0.3 is 0 Å². The normalized spacial score (nSPS) is 11.7. The first-order chi connectivity index (χ1) is 14.2. The maximum Gasteiger partial charge on any atom is 0.167 e. The minimum absolute atomic E-state index is 0.290. The second-order valence-electron chi connectivity index (χ2n) is 9.69. The number of Topliss-reactive ketones (excluding diaryl/α,β-unsaturated/α-hetero) is 1. The highest BCUT2D eigenvalue weighted by molar-refractivity contribution is 6.01. The highest BCUT2D eigenvalue weighted by Gasteiger charge is 2.23. The van der Waals surface area contributed by atoms with Crippen LogP contribution in [0.4, 0.5) is 0 Å². The molecule has 0 bridgehead atoms. The van der Waals surface area contributed by atoms with Crippen molar-refractivity contribution in [1.82, 2.24) is 0 Å². The lowest BCUT2D eigenvalue weighted by Gasteiger charge is -2.23. The van der Waals surface area contributed by atoms with E-state index in [0.29, 0.717) is 30.0 Å². The molecule has 1 nitrogen and oxygen atoms in total. The van der Waals surface area contributed by atoms with Crippen LogP contribution >= 0.6 is 0 Å². The third kappa shape index (κ3) is 5.62. The Hall–Kier alpha value is -1.89. The van der Waals surface area contributed by atoms with Crippen LogP contribution in [0.5, 0.6) is 0 Å². The fourth-order valence-corrected chi connectivity index (χ4v) is 4.45. The van der Waals surface area contributed by atoms with Gasteiger partial charge in [0.2, 0.25) is 0 Å².